The second kappa shape index (κ2) is 7.51. The minimum Gasteiger partial charge on any atom is -0.481 e. The highest BCUT2D eigenvalue weighted by atomic mass is 32.2. The van der Waals surface area contributed by atoms with Crippen molar-refractivity contribution in [1.82, 2.24) is 10.2 Å². The fourth-order valence-electron chi connectivity index (χ4n) is 2.18. The third-order valence-electron chi connectivity index (χ3n) is 3.32. The Balaban J connectivity index is 2.39. The topological polar surface area (TPSA) is 69.6 Å². The van der Waals surface area contributed by atoms with Crippen molar-refractivity contribution in [3.63, 3.8) is 0 Å². The van der Waals surface area contributed by atoms with E-state index in [1.165, 1.54) is 11.3 Å². The van der Waals surface area contributed by atoms with Crippen LogP contribution in [0.4, 0.5) is 4.79 Å². The minimum absolute atomic E-state index is 0.0134. The van der Waals surface area contributed by atoms with Crippen molar-refractivity contribution in [3.05, 3.63) is 0 Å². The van der Waals surface area contributed by atoms with E-state index in [1.54, 1.807) is 18.8 Å². The molecule has 104 valence electrons. The molecular formula is C12H22N2O3S. The summed E-state index contributed by atoms with van der Waals surface area (Å²) in [6, 6.07) is 0.0516. The van der Waals surface area contributed by atoms with Crippen LogP contribution in [0.3, 0.4) is 0 Å². The summed E-state index contributed by atoms with van der Waals surface area (Å²) in [5.41, 5.74) is 0. The molecule has 2 atom stereocenters. The maximum Gasteiger partial charge on any atom is 0.317 e. The van der Waals surface area contributed by atoms with Gasteiger partial charge in [0.2, 0.25) is 0 Å². The molecular weight excluding hydrogens is 252 g/mol. The number of hydrogen-bond acceptors (Lipinski definition) is 3. The Morgan fingerprint density at radius 3 is 2.67 bits per heavy atom. The van der Waals surface area contributed by atoms with Gasteiger partial charge in [0.05, 0.1) is 6.42 Å². The van der Waals surface area contributed by atoms with Crippen LogP contribution in [0.2, 0.25) is 0 Å². The largest absolute Gasteiger partial charge is 0.481 e. The summed E-state index contributed by atoms with van der Waals surface area (Å²) in [5.74, 6) is -0.880. The number of hydrogen-bond donors (Lipinski definition) is 2. The van der Waals surface area contributed by atoms with Crippen LogP contribution >= 0.6 is 11.8 Å². The summed E-state index contributed by atoms with van der Waals surface area (Å²) < 4.78 is 0. The number of rotatable bonds is 5. The normalized spacial score (nSPS) is 23.4. The van der Waals surface area contributed by atoms with Gasteiger partial charge in [-0.1, -0.05) is 12.8 Å². The number of nitrogens with zero attached hydrogens (tertiary/aromatic N) is 1. The van der Waals surface area contributed by atoms with E-state index in [2.05, 4.69) is 11.6 Å². The minimum atomic E-state index is -0.880. The number of urea groups is 1. The highest BCUT2D eigenvalue weighted by Gasteiger charge is 2.26. The Kier molecular flexibility index (Phi) is 6.32. The molecule has 1 aliphatic rings. The number of carbonyl (C=O) groups excluding carboxylic acids is 1. The second-order valence-electron chi connectivity index (χ2n) is 4.68. The van der Waals surface area contributed by atoms with Crippen molar-refractivity contribution < 1.29 is 14.7 Å². The van der Waals surface area contributed by atoms with Gasteiger partial charge >= 0.3 is 12.0 Å². The number of nitrogens with one attached hydrogen (secondary N) is 1. The third kappa shape index (κ3) is 4.76. The Morgan fingerprint density at radius 1 is 1.39 bits per heavy atom. The van der Waals surface area contributed by atoms with Gasteiger partial charge in [-0.2, -0.15) is 11.8 Å². The predicted octanol–water partition coefficient (Wildman–Crippen LogP) is 1.78. The Hall–Kier alpha value is -0.910. The molecule has 0 saturated heterocycles. The van der Waals surface area contributed by atoms with Crippen molar-refractivity contribution in [2.75, 3.05) is 19.8 Å². The number of aliphatic carboxylic acids is 1. The summed E-state index contributed by atoms with van der Waals surface area (Å²) in [6.07, 6.45) is 6.60. The molecule has 0 aromatic rings. The smallest absolute Gasteiger partial charge is 0.317 e. The van der Waals surface area contributed by atoms with Gasteiger partial charge < -0.3 is 15.3 Å². The number of carbonyl (C=O) groups is 2. The van der Waals surface area contributed by atoms with Crippen LogP contribution in [0.5, 0.6) is 0 Å². The number of carboxylic acid groups (broad SMARTS) is 1. The molecule has 0 spiro atoms. The van der Waals surface area contributed by atoms with Crippen molar-refractivity contribution in [2.45, 2.75) is 43.4 Å². The molecule has 2 amide bonds. The van der Waals surface area contributed by atoms with E-state index in [4.69, 9.17) is 5.11 Å². The molecule has 18 heavy (non-hydrogen) atoms. The molecule has 1 aliphatic carbocycles. The van der Waals surface area contributed by atoms with Crippen LogP contribution in [0, 0.1) is 0 Å². The van der Waals surface area contributed by atoms with Gasteiger partial charge in [-0.3, -0.25) is 4.79 Å². The maximum absolute atomic E-state index is 11.9. The molecule has 5 nitrogen and oxygen atoms in total. The molecule has 0 bridgehead atoms. The van der Waals surface area contributed by atoms with E-state index in [9.17, 15) is 9.59 Å². The molecule has 0 aromatic heterocycles. The number of amides is 2. The molecule has 1 fully saturated rings. The monoisotopic (exact) mass is 274 g/mol. The highest BCUT2D eigenvalue weighted by Crippen LogP contribution is 2.27. The molecule has 0 aromatic carbocycles. The lowest BCUT2D eigenvalue weighted by Crippen LogP contribution is -2.48. The Bertz CT molecular complexity index is 299. The molecule has 0 radical (unpaired) electrons. The SMILES string of the molecule is CS[C@H]1CCCC[C@@H]1NC(=O)N(C)CCC(=O)O. The maximum atomic E-state index is 11.9. The van der Waals surface area contributed by atoms with Gasteiger partial charge in [-0.05, 0) is 19.1 Å². The Morgan fingerprint density at radius 2 is 2.06 bits per heavy atom. The van der Waals surface area contributed by atoms with Crippen LogP contribution in [0.15, 0.2) is 0 Å². The van der Waals surface area contributed by atoms with E-state index in [1.807, 2.05) is 0 Å². The van der Waals surface area contributed by atoms with Gasteiger partial charge in [0.1, 0.15) is 0 Å². The molecule has 1 saturated carbocycles. The lowest BCUT2D eigenvalue weighted by molar-refractivity contribution is -0.137. The second-order valence-corrected chi connectivity index (χ2v) is 5.76. The van der Waals surface area contributed by atoms with Crippen molar-refractivity contribution in [2.24, 2.45) is 0 Å². The van der Waals surface area contributed by atoms with Crippen molar-refractivity contribution >= 4 is 23.8 Å². The molecule has 1 rings (SSSR count). The third-order valence-corrected chi connectivity index (χ3v) is 4.49. The standard InChI is InChI=1S/C12H22N2O3S/c1-14(8-7-11(15)16)12(17)13-9-5-3-4-6-10(9)18-2/h9-10H,3-8H2,1-2H3,(H,13,17)(H,15,16)/t9-,10-/m0/s1. The average Bonchev–Trinajstić information content (AvgIpc) is 2.36. The molecule has 0 unspecified atom stereocenters. The number of carboxylic acids is 1. The number of thioether (sulfide) groups is 1. The summed E-state index contributed by atoms with van der Waals surface area (Å²) in [7, 11) is 1.63. The summed E-state index contributed by atoms with van der Waals surface area (Å²) in [5, 5.41) is 12.1. The predicted molar refractivity (Wildman–Crippen MR) is 73.0 cm³/mol. The fraction of sp³-hybridized carbons (Fsp3) is 0.833. The zero-order valence-corrected chi connectivity index (χ0v) is 11.8. The zero-order chi connectivity index (χ0) is 13.5. The van der Waals surface area contributed by atoms with E-state index in [0.717, 1.165) is 19.3 Å². The zero-order valence-electron chi connectivity index (χ0n) is 11.0. The van der Waals surface area contributed by atoms with E-state index in [-0.39, 0.29) is 25.0 Å². The van der Waals surface area contributed by atoms with E-state index < -0.39 is 5.97 Å². The van der Waals surface area contributed by atoms with Gasteiger partial charge in [0.15, 0.2) is 0 Å². The summed E-state index contributed by atoms with van der Waals surface area (Å²) >= 11 is 1.80. The van der Waals surface area contributed by atoms with E-state index in [0.29, 0.717) is 5.25 Å². The van der Waals surface area contributed by atoms with Gasteiger partial charge in [0, 0.05) is 24.9 Å². The molecule has 6 heteroatoms. The van der Waals surface area contributed by atoms with Gasteiger partial charge in [-0.15, -0.1) is 0 Å². The van der Waals surface area contributed by atoms with Crippen LogP contribution in [-0.2, 0) is 4.79 Å². The van der Waals surface area contributed by atoms with E-state index >= 15 is 0 Å². The van der Waals surface area contributed by atoms with Gasteiger partial charge in [-0.25, -0.2) is 4.79 Å². The molecule has 0 heterocycles. The van der Waals surface area contributed by atoms with Gasteiger partial charge in [0.25, 0.3) is 0 Å². The lowest BCUT2D eigenvalue weighted by Gasteiger charge is -2.32. The van der Waals surface area contributed by atoms with Crippen LogP contribution in [0.25, 0.3) is 0 Å². The van der Waals surface area contributed by atoms with Crippen LogP contribution < -0.4 is 5.32 Å². The molecule has 0 aliphatic heterocycles. The van der Waals surface area contributed by atoms with Crippen molar-refractivity contribution in [1.29, 1.82) is 0 Å². The lowest BCUT2D eigenvalue weighted by atomic mass is 9.95. The highest BCUT2D eigenvalue weighted by molar-refractivity contribution is 7.99. The van der Waals surface area contributed by atoms with Crippen LogP contribution in [0.1, 0.15) is 32.1 Å². The van der Waals surface area contributed by atoms with Crippen LogP contribution in [-0.4, -0.2) is 53.1 Å². The summed E-state index contributed by atoms with van der Waals surface area (Å²) in [6.45, 7) is 0.248. The first-order valence-electron chi connectivity index (χ1n) is 6.30. The fourth-order valence-corrected chi connectivity index (χ4v) is 3.11. The first kappa shape index (κ1) is 15.1. The quantitative estimate of drug-likeness (QED) is 0.801. The average molecular weight is 274 g/mol. The first-order chi connectivity index (χ1) is 8.54. The molecule has 2 N–H and O–H groups in total. The Labute approximate surface area is 112 Å². The van der Waals surface area contributed by atoms with Crippen molar-refractivity contribution in [3.8, 4) is 0 Å². The first-order valence-corrected chi connectivity index (χ1v) is 7.59. The summed E-state index contributed by atoms with van der Waals surface area (Å²) in [4.78, 5) is 23.8.